The molecule has 0 saturated heterocycles. The van der Waals surface area contributed by atoms with Gasteiger partial charge in [-0.2, -0.15) is 0 Å². The van der Waals surface area contributed by atoms with Crippen LogP contribution in [0.25, 0.3) is 0 Å². The number of urea groups is 1. The lowest BCUT2D eigenvalue weighted by Gasteiger charge is -2.14. The van der Waals surface area contributed by atoms with Crippen LogP contribution in [0.1, 0.15) is 26.7 Å². The molecule has 0 rings (SSSR count). The van der Waals surface area contributed by atoms with E-state index in [9.17, 15) is 19.2 Å². The fourth-order valence-electron chi connectivity index (χ4n) is 1.29. The maximum Gasteiger partial charge on any atom is 0.326 e. The number of hydrogen-bond donors (Lipinski definition) is 5. The minimum Gasteiger partial charge on any atom is -0.480 e. The smallest absolute Gasteiger partial charge is 0.326 e. The van der Waals surface area contributed by atoms with Crippen molar-refractivity contribution in [1.29, 1.82) is 0 Å². The van der Waals surface area contributed by atoms with Gasteiger partial charge in [0.2, 0.25) is 11.8 Å². The second-order valence-corrected chi connectivity index (χ2v) is 4.45. The van der Waals surface area contributed by atoms with Crippen molar-refractivity contribution in [3.63, 3.8) is 0 Å². The van der Waals surface area contributed by atoms with Crippen molar-refractivity contribution in [3.05, 3.63) is 0 Å². The zero-order valence-corrected chi connectivity index (χ0v) is 11.4. The number of carbonyl (C=O) groups is 4. The van der Waals surface area contributed by atoms with Gasteiger partial charge in [-0.1, -0.05) is 0 Å². The van der Waals surface area contributed by atoms with Gasteiger partial charge in [0.1, 0.15) is 6.04 Å². The Kier molecular flexibility index (Phi) is 7.71. The predicted molar refractivity (Wildman–Crippen MR) is 69.7 cm³/mol. The van der Waals surface area contributed by atoms with Gasteiger partial charge < -0.3 is 26.8 Å². The highest BCUT2D eigenvalue weighted by molar-refractivity contribution is 5.87. The molecular weight excluding hydrogens is 268 g/mol. The van der Waals surface area contributed by atoms with Crippen molar-refractivity contribution in [1.82, 2.24) is 16.0 Å². The molecule has 0 aliphatic rings. The van der Waals surface area contributed by atoms with Crippen LogP contribution in [0.2, 0.25) is 0 Å². The Labute approximate surface area is 116 Å². The molecule has 0 radical (unpaired) electrons. The van der Waals surface area contributed by atoms with Gasteiger partial charge in [0.25, 0.3) is 0 Å². The highest BCUT2D eigenvalue weighted by Gasteiger charge is 2.20. The number of aliphatic carboxylic acids is 1. The summed E-state index contributed by atoms with van der Waals surface area (Å²) in [5, 5.41) is 15.8. The van der Waals surface area contributed by atoms with Crippen molar-refractivity contribution in [2.45, 2.75) is 38.8 Å². The van der Waals surface area contributed by atoms with Gasteiger partial charge in [0, 0.05) is 12.5 Å². The summed E-state index contributed by atoms with van der Waals surface area (Å²) < 4.78 is 0. The molecule has 0 fully saturated rings. The van der Waals surface area contributed by atoms with E-state index < -0.39 is 23.9 Å². The summed E-state index contributed by atoms with van der Waals surface area (Å²) in [6, 6.07) is -2.11. The fraction of sp³-hybridized carbons (Fsp3) is 0.636. The Hall–Kier alpha value is -2.32. The average Bonchev–Trinajstić information content (AvgIpc) is 2.30. The minimum atomic E-state index is -1.28. The molecule has 20 heavy (non-hydrogen) atoms. The lowest BCUT2D eigenvalue weighted by Crippen LogP contribution is -2.49. The van der Waals surface area contributed by atoms with Crippen molar-refractivity contribution in [3.8, 4) is 0 Å². The third-order valence-corrected chi connectivity index (χ3v) is 2.14. The normalized spacial score (nSPS) is 11.6. The first-order chi connectivity index (χ1) is 9.22. The molecular formula is C11H20N4O5. The number of nitrogens with one attached hydrogen (secondary N) is 3. The van der Waals surface area contributed by atoms with Crippen LogP contribution in [0.5, 0.6) is 0 Å². The Morgan fingerprint density at radius 2 is 1.75 bits per heavy atom. The molecule has 0 aliphatic carbocycles. The van der Waals surface area contributed by atoms with E-state index in [1.165, 1.54) is 0 Å². The fourth-order valence-corrected chi connectivity index (χ4v) is 1.29. The summed E-state index contributed by atoms with van der Waals surface area (Å²) in [6.45, 7) is 3.26. The molecule has 0 spiro atoms. The molecule has 9 heteroatoms. The number of rotatable bonds is 8. The quantitative estimate of drug-likeness (QED) is 0.369. The summed E-state index contributed by atoms with van der Waals surface area (Å²) in [6.07, 6.45) is -0.276. The molecule has 0 bridgehead atoms. The van der Waals surface area contributed by atoms with Gasteiger partial charge in [0.05, 0.1) is 6.54 Å². The third-order valence-electron chi connectivity index (χ3n) is 2.14. The van der Waals surface area contributed by atoms with E-state index in [2.05, 4.69) is 16.0 Å². The van der Waals surface area contributed by atoms with E-state index in [-0.39, 0.29) is 31.3 Å². The molecule has 0 unspecified atom stereocenters. The molecule has 0 aliphatic heterocycles. The maximum absolute atomic E-state index is 11.4. The standard InChI is InChI=1S/C11H20N4O5/c1-6(2)14-9(17)5-13-11(20)15-7(10(18)19)3-4-8(12)16/h6-7H,3-5H2,1-2H3,(H2,12,16)(H,14,17)(H,18,19)(H2,13,15,20)/t7-/m1/s1. The first-order valence-corrected chi connectivity index (χ1v) is 6.07. The Balaban J connectivity index is 4.16. The van der Waals surface area contributed by atoms with Crippen LogP contribution < -0.4 is 21.7 Å². The van der Waals surface area contributed by atoms with Crippen molar-refractivity contribution in [2.24, 2.45) is 5.73 Å². The maximum atomic E-state index is 11.4. The first-order valence-electron chi connectivity index (χ1n) is 6.07. The minimum absolute atomic E-state index is 0.0605. The van der Waals surface area contributed by atoms with Gasteiger partial charge in [-0.05, 0) is 20.3 Å². The van der Waals surface area contributed by atoms with Gasteiger partial charge in [-0.3, -0.25) is 9.59 Å². The van der Waals surface area contributed by atoms with E-state index in [4.69, 9.17) is 10.8 Å². The van der Waals surface area contributed by atoms with Crippen LogP contribution in [-0.4, -0.2) is 47.5 Å². The van der Waals surface area contributed by atoms with E-state index in [1.54, 1.807) is 13.8 Å². The zero-order valence-electron chi connectivity index (χ0n) is 11.4. The van der Waals surface area contributed by atoms with Crippen molar-refractivity contribution < 1.29 is 24.3 Å². The summed E-state index contributed by atoms with van der Waals surface area (Å²) >= 11 is 0. The van der Waals surface area contributed by atoms with E-state index in [0.717, 1.165) is 0 Å². The summed E-state index contributed by atoms with van der Waals surface area (Å²) in [7, 11) is 0. The van der Waals surface area contributed by atoms with Gasteiger partial charge >= 0.3 is 12.0 Å². The van der Waals surface area contributed by atoms with Crippen LogP contribution in [0.4, 0.5) is 4.79 Å². The zero-order chi connectivity index (χ0) is 15.7. The Morgan fingerprint density at radius 1 is 1.15 bits per heavy atom. The van der Waals surface area contributed by atoms with Crippen LogP contribution in [-0.2, 0) is 14.4 Å². The SMILES string of the molecule is CC(C)NC(=O)CNC(=O)N[C@H](CCC(N)=O)C(=O)O. The number of carboxylic acid groups (broad SMARTS) is 1. The van der Waals surface area contributed by atoms with Crippen LogP contribution >= 0.6 is 0 Å². The number of carbonyl (C=O) groups excluding carboxylic acids is 3. The van der Waals surface area contributed by atoms with E-state index >= 15 is 0 Å². The molecule has 0 heterocycles. The van der Waals surface area contributed by atoms with Gasteiger partial charge in [-0.15, -0.1) is 0 Å². The number of carboxylic acids is 1. The second kappa shape index (κ2) is 8.73. The average molecular weight is 288 g/mol. The highest BCUT2D eigenvalue weighted by atomic mass is 16.4. The molecule has 9 nitrogen and oxygen atoms in total. The highest BCUT2D eigenvalue weighted by Crippen LogP contribution is 1.97. The van der Waals surface area contributed by atoms with E-state index in [0.29, 0.717) is 0 Å². The van der Waals surface area contributed by atoms with Crippen LogP contribution in [0, 0.1) is 0 Å². The largest absolute Gasteiger partial charge is 0.480 e. The number of hydrogen-bond acceptors (Lipinski definition) is 4. The molecule has 0 aromatic rings. The molecule has 0 aromatic heterocycles. The van der Waals surface area contributed by atoms with Crippen LogP contribution in [0.3, 0.4) is 0 Å². The molecule has 6 N–H and O–H groups in total. The molecule has 1 atom stereocenters. The lowest BCUT2D eigenvalue weighted by atomic mass is 10.1. The Bertz CT molecular complexity index is 383. The monoisotopic (exact) mass is 288 g/mol. The molecule has 114 valence electrons. The second-order valence-electron chi connectivity index (χ2n) is 4.45. The predicted octanol–water partition coefficient (Wildman–Crippen LogP) is -1.47. The molecule has 0 saturated carbocycles. The number of nitrogens with two attached hydrogens (primary N) is 1. The van der Waals surface area contributed by atoms with Gasteiger partial charge in [0.15, 0.2) is 0 Å². The third kappa shape index (κ3) is 8.72. The molecule has 4 amide bonds. The van der Waals surface area contributed by atoms with Gasteiger partial charge in [-0.25, -0.2) is 9.59 Å². The van der Waals surface area contributed by atoms with Crippen LogP contribution in [0.15, 0.2) is 0 Å². The first kappa shape index (κ1) is 17.7. The summed E-state index contributed by atoms with van der Waals surface area (Å²) in [5.74, 6) is -2.33. The topological polar surface area (TPSA) is 151 Å². The number of amides is 4. The molecule has 0 aromatic carbocycles. The number of primary amides is 1. The Morgan fingerprint density at radius 3 is 2.20 bits per heavy atom. The van der Waals surface area contributed by atoms with Crippen molar-refractivity contribution >= 4 is 23.8 Å². The van der Waals surface area contributed by atoms with E-state index in [1.807, 2.05) is 0 Å². The lowest BCUT2D eigenvalue weighted by molar-refractivity contribution is -0.139. The summed E-state index contributed by atoms with van der Waals surface area (Å²) in [4.78, 5) is 44.1. The van der Waals surface area contributed by atoms with Crippen molar-refractivity contribution in [2.75, 3.05) is 6.54 Å². The summed E-state index contributed by atoms with van der Waals surface area (Å²) in [5.41, 5.74) is 4.90.